The minimum Gasteiger partial charge on any atom is -0.385 e. The summed E-state index contributed by atoms with van der Waals surface area (Å²) in [6, 6.07) is 11.7. The summed E-state index contributed by atoms with van der Waals surface area (Å²) in [7, 11) is 4.00. The summed E-state index contributed by atoms with van der Waals surface area (Å²) in [5, 5.41) is 12.5. The zero-order valence-corrected chi connectivity index (χ0v) is 17.7. The summed E-state index contributed by atoms with van der Waals surface area (Å²) in [6.45, 7) is 1.16. The van der Waals surface area contributed by atoms with Gasteiger partial charge in [-0.25, -0.2) is 4.39 Å². The van der Waals surface area contributed by atoms with Crippen LogP contribution in [0.2, 0.25) is 10.0 Å². The van der Waals surface area contributed by atoms with E-state index in [0.717, 1.165) is 30.5 Å². The van der Waals surface area contributed by atoms with Gasteiger partial charge in [-0.2, -0.15) is 0 Å². The van der Waals surface area contributed by atoms with Crippen molar-refractivity contribution < 1.29 is 14.2 Å². The van der Waals surface area contributed by atoms with Crippen LogP contribution in [-0.4, -0.2) is 36.8 Å². The first-order valence-corrected chi connectivity index (χ1v) is 10.2. The first-order chi connectivity index (χ1) is 13.3. The van der Waals surface area contributed by atoms with Crippen LogP contribution in [0.4, 0.5) is 4.39 Å². The minimum absolute atomic E-state index is 0.00768. The number of aliphatic hydroxyl groups is 1. The summed E-state index contributed by atoms with van der Waals surface area (Å²) in [5.74, 6) is -0.258. The maximum Gasteiger partial charge on any atom is 0.123 e. The molecule has 28 heavy (non-hydrogen) atoms. The normalized spacial score (nSPS) is 25.2. The van der Waals surface area contributed by atoms with E-state index in [1.54, 1.807) is 24.3 Å². The molecule has 2 aromatic rings. The molecule has 3 unspecified atom stereocenters. The molecule has 0 aliphatic heterocycles. The Morgan fingerprint density at radius 2 is 1.86 bits per heavy atom. The van der Waals surface area contributed by atoms with Crippen LogP contribution < -0.4 is 0 Å². The maximum absolute atomic E-state index is 13.1. The number of benzene rings is 2. The fraction of sp³-hybridized carbons (Fsp3) is 0.455. The Morgan fingerprint density at radius 3 is 2.50 bits per heavy atom. The van der Waals surface area contributed by atoms with Crippen molar-refractivity contribution >= 4 is 23.2 Å². The second kappa shape index (κ2) is 9.10. The Bertz CT molecular complexity index is 800. The Labute approximate surface area is 176 Å². The fourth-order valence-corrected chi connectivity index (χ4v) is 4.27. The van der Waals surface area contributed by atoms with Crippen molar-refractivity contribution in [2.45, 2.75) is 37.6 Å². The van der Waals surface area contributed by atoms with E-state index < -0.39 is 5.60 Å². The van der Waals surface area contributed by atoms with Crippen LogP contribution in [0.1, 0.15) is 30.4 Å². The van der Waals surface area contributed by atoms with Gasteiger partial charge in [0.25, 0.3) is 0 Å². The fourth-order valence-electron chi connectivity index (χ4n) is 3.97. The SMILES string of the molecule is CN(C)CC1CC(OCc2ccc(F)cc2)CCC1(O)c1ccc(Cl)c(Cl)c1. The lowest BCUT2D eigenvalue weighted by Crippen LogP contribution is -2.46. The molecule has 0 radical (unpaired) electrons. The molecule has 0 aromatic heterocycles. The molecule has 3 atom stereocenters. The highest BCUT2D eigenvalue weighted by atomic mass is 35.5. The van der Waals surface area contributed by atoms with Gasteiger partial charge in [0.05, 0.1) is 28.4 Å². The van der Waals surface area contributed by atoms with Gasteiger partial charge in [0.1, 0.15) is 5.82 Å². The molecule has 1 saturated carbocycles. The highest BCUT2D eigenvalue weighted by molar-refractivity contribution is 6.42. The minimum atomic E-state index is -0.978. The van der Waals surface area contributed by atoms with E-state index in [1.165, 1.54) is 12.1 Å². The molecule has 3 rings (SSSR count). The molecule has 0 spiro atoms. The molecular weight excluding hydrogens is 400 g/mol. The Hall–Kier alpha value is -1.17. The topological polar surface area (TPSA) is 32.7 Å². The van der Waals surface area contributed by atoms with Crippen LogP contribution in [0.15, 0.2) is 42.5 Å². The molecule has 1 aliphatic rings. The second-order valence-corrected chi connectivity index (χ2v) is 8.66. The Morgan fingerprint density at radius 1 is 1.14 bits per heavy atom. The molecule has 3 nitrogen and oxygen atoms in total. The van der Waals surface area contributed by atoms with E-state index >= 15 is 0 Å². The highest BCUT2D eigenvalue weighted by Crippen LogP contribution is 2.44. The molecule has 0 amide bonds. The third-order valence-corrected chi connectivity index (χ3v) is 6.21. The molecule has 1 aliphatic carbocycles. The van der Waals surface area contributed by atoms with E-state index in [9.17, 15) is 9.50 Å². The number of ether oxygens (including phenoxy) is 1. The maximum atomic E-state index is 13.1. The monoisotopic (exact) mass is 425 g/mol. The molecule has 1 N–H and O–H groups in total. The molecule has 2 aromatic carbocycles. The average Bonchev–Trinajstić information content (AvgIpc) is 2.65. The van der Waals surface area contributed by atoms with E-state index in [4.69, 9.17) is 27.9 Å². The van der Waals surface area contributed by atoms with Gasteiger partial charge in [-0.05, 0) is 68.8 Å². The van der Waals surface area contributed by atoms with Crippen molar-refractivity contribution in [3.63, 3.8) is 0 Å². The Kier molecular flexibility index (Phi) is 7.00. The summed E-state index contributed by atoms with van der Waals surface area (Å²) in [6.07, 6.45) is 2.09. The molecule has 1 fully saturated rings. The molecule has 6 heteroatoms. The summed E-state index contributed by atoms with van der Waals surface area (Å²) >= 11 is 12.3. The van der Waals surface area contributed by atoms with Crippen molar-refractivity contribution in [3.05, 3.63) is 69.5 Å². The van der Waals surface area contributed by atoms with Crippen molar-refractivity contribution in [2.75, 3.05) is 20.6 Å². The summed E-state index contributed by atoms with van der Waals surface area (Å²) < 4.78 is 19.2. The highest BCUT2D eigenvalue weighted by Gasteiger charge is 2.44. The largest absolute Gasteiger partial charge is 0.385 e. The van der Waals surface area contributed by atoms with E-state index in [2.05, 4.69) is 4.90 Å². The van der Waals surface area contributed by atoms with E-state index in [1.807, 2.05) is 20.2 Å². The molecule has 0 saturated heterocycles. The van der Waals surface area contributed by atoms with Crippen molar-refractivity contribution in [1.29, 1.82) is 0 Å². The number of hydrogen-bond acceptors (Lipinski definition) is 3. The second-order valence-electron chi connectivity index (χ2n) is 7.85. The predicted molar refractivity (Wildman–Crippen MR) is 111 cm³/mol. The van der Waals surface area contributed by atoms with Crippen LogP contribution in [0.25, 0.3) is 0 Å². The summed E-state index contributed by atoms with van der Waals surface area (Å²) in [4.78, 5) is 2.08. The smallest absolute Gasteiger partial charge is 0.123 e. The summed E-state index contributed by atoms with van der Waals surface area (Å²) in [5.41, 5.74) is 0.760. The number of hydrogen-bond donors (Lipinski definition) is 1. The third-order valence-electron chi connectivity index (χ3n) is 5.47. The lowest BCUT2D eigenvalue weighted by atomic mass is 9.70. The van der Waals surface area contributed by atoms with Crippen molar-refractivity contribution in [2.24, 2.45) is 5.92 Å². The average molecular weight is 426 g/mol. The van der Waals surface area contributed by atoms with E-state index in [-0.39, 0.29) is 17.8 Å². The Balaban J connectivity index is 1.73. The molecular formula is C22H26Cl2FNO2. The van der Waals surface area contributed by atoms with Gasteiger partial charge in [0.2, 0.25) is 0 Å². The standard InChI is InChI=1S/C22H26Cl2FNO2/c1-26(2)13-17-11-19(28-14-15-3-6-18(25)7-4-15)9-10-22(17,27)16-5-8-20(23)21(24)12-16/h3-8,12,17,19,27H,9-11,13-14H2,1-2H3. The third kappa shape index (κ3) is 5.05. The van der Waals surface area contributed by atoms with Gasteiger partial charge in [0, 0.05) is 12.5 Å². The lowest BCUT2D eigenvalue weighted by Gasteiger charge is -2.44. The van der Waals surface area contributed by atoms with Gasteiger partial charge in [-0.1, -0.05) is 41.4 Å². The van der Waals surface area contributed by atoms with Crippen LogP contribution in [0, 0.1) is 11.7 Å². The molecule has 0 bridgehead atoms. The first-order valence-electron chi connectivity index (χ1n) is 9.46. The van der Waals surface area contributed by atoms with Crippen LogP contribution in [0.3, 0.4) is 0 Å². The van der Waals surface area contributed by atoms with Gasteiger partial charge in [-0.3, -0.25) is 0 Å². The zero-order chi connectivity index (χ0) is 20.3. The first kappa shape index (κ1) is 21.5. The van der Waals surface area contributed by atoms with Crippen molar-refractivity contribution in [3.8, 4) is 0 Å². The van der Waals surface area contributed by atoms with Gasteiger partial charge in [0.15, 0.2) is 0 Å². The predicted octanol–water partition coefficient (Wildman–Crippen LogP) is 5.27. The number of rotatable bonds is 6. The number of nitrogens with zero attached hydrogens (tertiary/aromatic N) is 1. The quantitative estimate of drug-likeness (QED) is 0.684. The van der Waals surface area contributed by atoms with Crippen molar-refractivity contribution in [1.82, 2.24) is 4.90 Å². The van der Waals surface area contributed by atoms with Gasteiger partial charge in [-0.15, -0.1) is 0 Å². The van der Waals surface area contributed by atoms with Crippen LogP contribution in [0.5, 0.6) is 0 Å². The van der Waals surface area contributed by atoms with Crippen LogP contribution >= 0.6 is 23.2 Å². The van der Waals surface area contributed by atoms with Gasteiger partial charge >= 0.3 is 0 Å². The zero-order valence-electron chi connectivity index (χ0n) is 16.2. The molecule has 152 valence electrons. The van der Waals surface area contributed by atoms with Gasteiger partial charge < -0.3 is 14.7 Å². The van der Waals surface area contributed by atoms with Crippen LogP contribution in [-0.2, 0) is 16.9 Å². The molecule has 0 heterocycles. The lowest BCUT2D eigenvalue weighted by molar-refractivity contribution is -0.110. The van der Waals surface area contributed by atoms with E-state index in [0.29, 0.717) is 23.1 Å². The number of halogens is 3.